The van der Waals surface area contributed by atoms with Crippen molar-refractivity contribution in [1.82, 2.24) is 30.2 Å². The first-order valence-electron chi connectivity index (χ1n) is 11.8. The molecule has 2 N–H and O–H groups in total. The van der Waals surface area contributed by atoms with Crippen LogP contribution in [0.3, 0.4) is 0 Å². The van der Waals surface area contributed by atoms with Gasteiger partial charge in [0.05, 0.1) is 26.2 Å². The van der Waals surface area contributed by atoms with Crippen molar-refractivity contribution in [2.45, 2.75) is 39.8 Å². The molecule has 16 heteroatoms. The number of piperazine rings is 2. The second-order valence-electron chi connectivity index (χ2n) is 8.88. The lowest BCUT2D eigenvalue weighted by molar-refractivity contribution is -0.168. The third-order valence-electron chi connectivity index (χ3n) is 5.59. The molecule has 2 aliphatic rings. The maximum Gasteiger partial charge on any atom is 0.330 e. The number of nitrogens with zero attached hydrogens (tertiary/aromatic N) is 4. The molecule has 2 heterocycles. The van der Waals surface area contributed by atoms with Crippen LogP contribution < -0.4 is 10.6 Å². The minimum absolute atomic E-state index is 0.144. The van der Waals surface area contributed by atoms with E-state index in [1.54, 1.807) is 0 Å². The molecule has 0 aromatic carbocycles. The van der Waals surface area contributed by atoms with Gasteiger partial charge >= 0.3 is 11.9 Å². The lowest BCUT2D eigenvalue weighted by atomic mass is 10.2. The zero-order chi connectivity index (χ0) is 28.6. The Morgan fingerprint density at radius 1 is 0.658 bits per heavy atom. The number of hydrogen-bond donors (Lipinski definition) is 2. The van der Waals surface area contributed by atoms with E-state index in [-0.39, 0.29) is 39.3 Å². The fourth-order valence-electron chi connectivity index (χ4n) is 3.62. The molecule has 210 valence electrons. The highest BCUT2D eigenvalue weighted by Gasteiger charge is 2.35. The van der Waals surface area contributed by atoms with Gasteiger partial charge in [-0.2, -0.15) is 0 Å². The van der Waals surface area contributed by atoms with Crippen LogP contribution in [0.4, 0.5) is 0 Å². The summed E-state index contributed by atoms with van der Waals surface area (Å²) in [5, 5.41) is 4.68. The van der Waals surface area contributed by atoms with Crippen molar-refractivity contribution >= 4 is 47.4 Å². The van der Waals surface area contributed by atoms with E-state index in [0.29, 0.717) is 0 Å². The SMILES string of the molecule is CC(=O)NC(C)C(=O)OCN1C(=O)CN(CCN2CC(=O)N(COC(=O)C(C)NC(C)=O)C(=O)C2)CC1=O. The van der Waals surface area contributed by atoms with E-state index >= 15 is 0 Å². The Hall–Kier alpha value is -3.92. The van der Waals surface area contributed by atoms with Crippen molar-refractivity contribution in [3.8, 4) is 0 Å². The molecule has 0 aromatic heterocycles. The molecule has 2 atom stereocenters. The molecule has 2 rings (SSSR count). The number of carbonyl (C=O) groups excluding carboxylic acids is 8. The second-order valence-corrected chi connectivity index (χ2v) is 8.88. The number of carbonyl (C=O) groups is 8. The van der Waals surface area contributed by atoms with Crippen molar-refractivity contribution in [2.75, 3.05) is 52.7 Å². The molecule has 0 aromatic rings. The molecule has 0 saturated carbocycles. The van der Waals surface area contributed by atoms with Crippen LogP contribution in [0.1, 0.15) is 27.7 Å². The zero-order valence-electron chi connectivity index (χ0n) is 21.7. The highest BCUT2D eigenvalue weighted by Crippen LogP contribution is 2.09. The molecule has 0 spiro atoms. The number of hydrogen-bond acceptors (Lipinski definition) is 12. The third-order valence-corrected chi connectivity index (χ3v) is 5.59. The van der Waals surface area contributed by atoms with Crippen molar-refractivity contribution in [3.05, 3.63) is 0 Å². The fourth-order valence-corrected chi connectivity index (χ4v) is 3.62. The quantitative estimate of drug-likeness (QED) is 0.193. The van der Waals surface area contributed by atoms with Gasteiger partial charge in [-0.1, -0.05) is 0 Å². The molecule has 2 unspecified atom stereocenters. The van der Waals surface area contributed by atoms with Crippen molar-refractivity contribution < 1.29 is 47.8 Å². The van der Waals surface area contributed by atoms with Crippen LogP contribution >= 0.6 is 0 Å². The number of rotatable bonds is 11. The van der Waals surface area contributed by atoms with Gasteiger partial charge in [-0.25, -0.2) is 19.4 Å². The van der Waals surface area contributed by atoms with E-state index in [9.17, 15) is 38.4 Å². The Bertz CT molecular complexity index is 887. The summed E-state index contributed by atoms with van der Waals surface area (Å²) >= 11 is 0. The summed E-state index contributed by atoms with van der Waals surface area (Å²) in [6.07, 6.45) is 0. The van der Waals surface area contributed by atoms with Gasteiger partial charge in [0.15, 0.2) is 13.5 Å². The highest BCUT2D eigenvalue weighted by atomic mass is 16.6. The van der Waals surface area contributed by atoms with Gasteiger partial charge in [0.2, 0.25) is 35.4 Å². The van der Waals surface area contributed by atoms with Crippen LogP contribution in [0.2, 0.25) is 0 Å². The molecule has 2 fully saturated rings. The van der Waals surface area contributed by atoms with Crippen LogP contribution in [0, 0.1) is 0 Å². The summed E-state index contributed by atoms with van der Waals surface area (Å²) in [5.74, 6) is -4.82. The van der Waals surface area contributed by atoms with E-state index in [0.717, 1.165) is 9.80 Å². The molecule has 6 amide bonds. The number of esters is 2. The van der Waals surface area contributed by atoms with Crippen LogP contribution in [-0.4, -0.2) is 132 Å². The summed E-state index contributed by atoms with van der Waals surface area (Å²) in [6, 6.07) is -1.88. The van der Waals surface area contributed by atoms with Crippen molar-refractivity contribution in [3.63, 3.8) is 0 Å². The zero-order valence-corrected chi connectivity index (χ0v) is 21.7. The van der Waals surface area contributed by atoms with Gasteiger partial charge in [-0.15, -0.1) is 0 Å². The number of imide groups is 2. The Morgan fingerprint density at radius 2 is 0.947 bits per heavy atom. The van der Waals surface area contributed by atoms with Crippen LogP contribution in [-0.2, 0) is 47.8 Å². The first kappa shape index (κ1) is 30.3. The van der Waals surface area contributed by atoms with E-state index in [2.05, 4.69) is 10.6 Å². The molecular formula is C22H32N6O10. The molecule has 2 saturated heterocycles. The molecule has 2 aliphatic heterocycles. The Labute approximate surface area is 218 Å². The van der Waals surface area contributed by atoms with E-state index in [1.165, 1.54) is 37.5 Å². The van der Waals surface area contributed by atoms with Crippen LogP contribution in [0.25, 0.3) is 0 Å². The van der Waals surface area contributed by atoms with E-state index in [4.69, 9.17) is 9.47 Å². The standard InChI is InChI=1S/C22H32N6O10/c1-13(23-15(3)29)21(35)37-11-27-17(31)7-25(8-18(27)32)5-6-26-9-19(33)28(20(34)10-26)12-38-22(36)14(2)24-16(4)30/h13-14H,5-12H2,1-4H3,(H,23,29)(H,24,30). The molecule has 0 bridgehead atoms. The number of nitrogens with one attached hydrogen (secondary N) is 2. The first-order valence-corrected chi connectivity index (χ1v) is 11.8. The van der Waals surface area contributed by atoms with Crippen LogP contribution in [0.15, 0.2) is 0 Å². The van der Waals surface area contributed by atoms with Gasteiger partial charge in [-0.05, 0) is 13.8 Å². The Morgan fingerprint density at radius 3 is 1.21 bits per heavy atom. The van der Waals surface area contributed by atoms with Crippen molar-refractivity contribution in [1.29, 1.82) is 0 Å². The summed E-state index contributed by atoms with van der Waals surface area (Å²) in [7, 11) is 0. The Balaban J connectivity index is 1.77. The van der Waals surface area contributed by atoms with Gasteiger partial charge < -0.3 is 20.1 Å². The van der Waals surface area contributed by atoms with Gasteiger partial charge in [-0.3, -0.25) is 38.6 Å². The third kappa shape index (κ3) is 8.88. The lowest BCUT2D eigenvalue weighted by Crippen LogP contribution is -2.58. The molecular weight excluding hydrogens is 508 g/mol. The fraction of sp³-hybridized carbons (Fsp3) is 0.636. The van der Waals surface area contributed by atoms with Gasteiger partial charge in [0.1, 0.15) is 12.1 Å². The summed E-state index contributed by atoms with van der Waals surface area (Å²) in [6.45, 7) is 3.95. The molecule has 38 heavy (non-hydrogen) atoms. The predicted molar refractivity (Wildman–Crippen MR) is 125 cm³/mol. The van der Waals surface area contributed by atoms with Crippen LogP contribution in [0.5, 0.6) is 0 Å². The lowest BCUT2D eigenvalue weighted by Gasteiger charge is -2.35. The highest BCUT2D eigenvalue weighted by molar-refractivity contribution is 6.00. The maximum atomic E-state index is 12.4. The van der Waals surface area contributed by atoms with Gasteiger partial charge in [0.25, 0.3) is 0 Å². The summed E-state index contributed by atoms with van der Waals surface area (Å²) in [4.78, 5) is 100. The smallest absolute Gasteiger partial charge is 0.330 e. The average molecular weight is 541 g/mol. The normalized spacial score (nSPS) is 18.6. The van der Waals surface area contributed by atoms with E-state index < -0.39 is 72.9 Å². The summed E-state index contributed by atoms with van der Waals surface area (Å²) < 4.78 is 9.90. The molecule has 16 nitrogen and oxygen atoms in total. The largest absolute Gasteiger partial charge is 0.442 e. The minimum Gasteiger partial charge on any atom is -0.442 e. The summed E-state index contributed by atoms with van der Waals surface area (Å²) in [5.41, 5.74) is 0. The molecule has 0 aliphatic carbocycles. The van der Waals surface area contributed by atoms with Crippen molar-refractivity contribution in [2.24, 2.45) is 0 Å². The monoisotopic (exact) mass is 540 g/mol. The molecule has 0 radical (unpaired) electrons. The first-order chi connectivity index (χ1) is 17.8. The maximum absolute atomic E-state index is 12.4. The predicted octanol–water partition coefficient (Wildman–Crippen LogP) is -3.62. The number of ether oxygens (including phenoxy) is 2. The second kappa shape index (κ2) is 13.6. The average Bonchev–Trinajstić information content (AvgIpc) is 2.80. The number of amides is 6. The van der Waals surface area contributed by atoms with E-state index in [1.807, 2.05) is 0 Å². The Kier molecular flexibility index (Phi) is 10.8. The van der Waals surface area contributed by atoms with Gasteiger partial charge in [0, 0.05) is 26.9 Å². The minimum atomic E-state index is -0.941. The topological polar surface area (TPSA) is 192 Å².